The molecular formula is C15H22N4O2S2. The number of aryl methyl sites for hydroxylation is 2. The fraction of sp³-hybridized carbons (Fsp3) is 0.533. The van der Waals surface area contributed by atoms with E-state index in [0.717, 1.165) is 20.6 Å². The molecule has 1 atom stereocenters. The van der Waals surface area contributed by atoms with Crippen molar-refractivity contribution in [2.75, 3.05) is 20.3 Å². The van der Waals surface area contributed by atoms with E-state index in [1.54, 1.807) is 29.5 Å². The minimum atomic E-state index is -0.131. The van der Waals surface area contributed by atoms with Gasteiger partial charge in [0, 0.05) is 30.1 Å². The Morgan fingerprint density at radius 1 is 1.48 bits per heavy atom. The molecule has 2 aromatic rings. The first kappa shape index (κ1) is 17.8. The van der Waals surface area contributed by atoms with Gasteiger partial charge in [-0.05, 0) is 20.8 Å². The van der Waals surface area contributed by atoms with Crippen molar-refractivity contribution < 1.29 is 9.53 Å². The van der Waals surface area contributed by atoms with Crippen molar-refractivity contribution in [1.82, 2.24) is 20.2 Å². The number of nitrogens with one attached hydrogen (secondary N) is 1. The standard InChI is InChI=1S/C15H22N4O2S2/c1-10(14-11(2)23-12(3)18-14)17-15(20)19(6-7-21-4)9-13-16-5-8-22-13/h5,8,10H,6-7,9H2,1-4H3,(H,17,20)/t10-/m1/s1. The Labute approximate surface area is 144 Å². The third-order valence-corrected chi connectivity index (χ3v) is 5.02. The zero-order chi connectivity index (χ0) is 16.8. The fourth-order valence-electron chi connectivity index (χ4n) is 2.24. The van der Waals surface area contributed by atoms with E-state index >= 15 is 0 Å². The zero-order valence-corrected chi connectivity index (χ0v) is 15.5. The van der Waals surface area contributed by atoms with Gasteiger partial charge in [0.2, 0.25) is 0 Å². The molecular weight excluding hydrogens is 332 g/mol. The van der Waals surface area contributed by atoms with Crippen molar-refractivity contribution in [1.29, 1.82) is 0 Å². The van der Waals surface area contributed by atoms with E-state index in [0.29, 0.717) is 19.7 Å². The van der Waals surface area contributed by atoms with Crippen molar-refractivity contribution in [2.24, 2.45) is 0 Å². The Kier molecular flexibility index (Phi) is 6.49. The van der Waals surface area contributed by atoms with Gasteiger partial charge in [-0.1, -0.05) is 0 Å². The van der Waals surface area contributed by atoms with Crippen LogP contribution in [0.3, 0.4) is 0 Å². The smallest absolute Gasteiger partial charge is 0.318 e. The van der Waals surface area contributed by atoms with Gasteiger partial charge in [-0.25, -0.2) is 14.8 Å². The summed E-state index contributed by atoms with van der Waals surface area (Å²) in [6.45, 7) is 7.45. The van der Waals surface area contributed by atoms with Gasteiger partial charge in [-0.3, -0.25) is 0 Å². The van der Waals surface area contributed by atoms with Gasteiger partial charge in [0.15, 0.2) is 0 Å². The largest absolute Gasteiger partial charge is 0.383 e. The number of methoxy groups -OCH3 is 1. The maximum Gasteiger partial charge on any atom is 0.318 e. The summed E-state index contributed by atoms with van der Waals surface area (Å²) >= 11 is 3.19. The summed E-state index contributed by atoms with van der Waals surface area (Å²) in [5.74, 6) is 0. The van der Waals surface area contributed by atoms with Crippen LogP contribution in [0.15, 0.2) is 11.6 Å². The second-order valence-electron chi connectivity index (χ2n) is 5.19. The molecule has 0 fully saturated rings. The second-order valence-corrected chi connectivity index (χ2v) is 7.57. The molecule has 0 unspecified atom stereocenters. The van der Waals surface area contributed by atoms with Crippen LogP contribution in [-0.2, 0) is 11.3 Å². The monoisotopic (exact) mass is 354 g/mol. The Hall–Kier alpha value is -1.51. The van der Waals surface area contributed by atoms with E-state index in [9.17, 15) is 4.79 Å². The van der Waals surface area contributed by atoms with Gasteiger partial charge in [0.1, 0.15) is 5.01 Å². The predicted molar refractivity (Wildman–Crippen MR) is 92.9 cm³/mol. The van der Waals surface area contributed by atoms with E-state index in [1.165, 1.54) is 11.3 Å². The molecule has 0 bridgehead atoms. The summed E-state index contributed by atoms with van der Waals surface area (Å²) in [7, 11) is 1.63. The highest BCUT2D eigenvalue weighted by molar-refractivity contribution is 7.11. The number of nitrogens with zero attached hydrogens (tertiary/aromatic N) is 3. The SMILES string of the molecule is COCCN(Cc1nccs1)C(=O)N[C@H](C)c1nc(C)sc1C. The number of ether oxygens (including phenoxy) is 1. The maximum atomic E-state index is 12.6. The topological polar surface area (TPSA) is 67.3 Å². The third kappa shape index (κ3) is 4.98. The number of urea groups is 1. The van der Waals surface area contributed by atoms with Gasteiger partial charge in [-0.2, -0.15) is 0 Å². The molecule has 23 heavy (non-hydrogen) atoms. The molecule has 0 aliphatic carbocycles. The number of hydrogen-bond acceptors (Lipinski definition) is 6. The molecule has 126 valence electrons. The fourth-order valence-corrected chi connectivity index (χ4v) is 3.78. The third-order valence-electron chi connectivity index (χ3n) is 3.35. The predicted octanol–water partition coefficient (Wildman–Crippen LogP) is 3.14. The summed E-state index contributed by atoms with van der Waals surface area (Å²) in [5, 5.41) is 6.85. The lowest BCUT2D eigenvalue weighted by Gasteiger charge is -2.24. The quantitative estimate of drug-likeness (QED) is 0.829. The molecule has 2 amide bonds. The van der Waals surface area contributed by atoms with Crippen molar-refractivity contribution in [3.8, 4) is 0 Å². The van der Waals surface area contributed by atoms with Crippen LogP contribution in [0.5, 0.6) is 0 Å². The van der Waals surface area contributed by atoms with Gasteiger partial charge in [0.25, 0.3) is 0 Å². The van der Waals surface area contributed by atoms with Gasteiger partial charge < -0.3 is 15.0 Å². The highest BCUT2D eigenvalue weighted by atomic mass is 32.1. The molecule has 0 spiro atoms. The van der Waals surface area contributed by atoms with Crippen LogP contribution in [0.1, 0.15) is 33.6 Å². The molecule has 0 aliphatic heterocycles. The second kappa shape index (κ2) is 8.37. The first-order valence-corrected chi connectivity index (χ1v) is 9.07. The van der Waals surface area contributed by atoms with Crippen LogP contribution in [0.2, 0.25) is 0 Å². The van der Waals surface area contributed by atoms with Crippen molar-refractivity contribution in [2.45, 2.75) is 33.4 Å². The lowest BCUT2D eigenvalue weighted by Crippen LogP contribution is -2.42. The molecule has 1 N–H and O–H groups in total. The van der Waals surface area contributed by atoms with Crippen molar-refractivity contribution in [3.63, 3.8) is 0 Å². The van der Waals surface area contributed by atoms with Crippen molar-refractivity contribution >= 4 is 28.7 Å². The number of aromatic nitrogens is 2. The lowest BCUT2D eigenvalue weighted by molar-refractivity contribution is 0.145. The molecule has 2 aromatic heterocycles. The summed E-state index contributed by atoms with van der Waals surface area (Å²) < 4.78 is 5.10. The molecule has 0 aliphatic rings. The van der Waals surface area contributed by atoms with Gasteiger partial charge in [-0.15, -0.1) is 22.7 Å². The average molecular weight is 355 g/mol. The van der Waals surface area contributed by atoms with E-state index in [1.807, 2.05) is 26.2 Å². The number of amides is 2. The van der Waals surface area contributed by atoms with Gasteiger partial charge >= 0.3 is 6.03 Å². The van der Waals surface area contributed by atoms with Crippen molar-refractivity contribution in [3.05, 3.63) is 32.2 Å². The maximum absolute atomic E-state index is 12.6. The van der Waals surface area contributed by atoms with Crippen LogP contribution < -0.4 is 5.32 Å². The molecule has 0 radical (unpaired) electrons. The number of rotatable bonds is 7. The summed E-state index contributed by atoms with van der Waals surface area (Å²) in [4.78, 5) is 24.2. The Bertz CT molecular complexity index is 627. The van der Waals surface area contributed by atoms with Crippen LogP contribution >= 0.6 is 22.7 Å². The average Bonchev–Trinajstić information content (AvgIpc) is 3.12. The molecule has 0 saturated carbocycles. The Morgan fingerprint density at radius 3 is 2.83 bits per heavy atom. The summed E-state index contributed by atoms with van der Waals surface area (Å²) in [6, 6.07) is -0.261. The molecule has 8 heteroatoms. The van der Waals surface area contributed by atoms with E-state index in [4.69, 9.17) is 4.74 Å². The summed E-state index contributed by atoms with van der Waals surface area (Å²) in [5.41, 5.74) is 0.932. The number of carbonyl (C=O) groups excluding carboxylic acids is 1. The Balaban J connectivity index is 2.02. The normalized spacial score (nSPS) is 12.2. The molecule has 2 heterocycles. The number of hydrogen-bond donors (Lipinski definition) is 1. The minimum absolute atomic E-state index is 0.130. The highest BCUT2D eigenvalue weighted by Crippen LogP contribution is 2.22. The van der Waals surface area contributed by atoms with Gasteiger partial charge in [0.05, 0.1) is 29.9 Å². The first-order chi connectivity index (χ1) is 11.0. The number of carbonyl (C=O) groups is 1. The van der Waals surface area contributed by atoms with Crippen LogP contribution in [0.4, 0.5) is 4.79 Å². The molecule has 6 nitrogen and oxygen atoms in total. The van der Waals surface area contributed by atoms with Crippen LogP contribution in [-0.4, -0.2) is 41.2 Å². The van der Waals surface area contributed by atoms with E-state index in [2.05, 4.69) is 15.3 Å². The zero-order valence-electron chi connectivity index (χ0n) is 13.8. The lowest BCUT2D eigenvalue weighted by atomic mass is 10.2. The van der Waals surface area contributed by atoms with E-state index < -0.39 is 0 Å². The first-order valence-electron chi connectivity index (χ1n) is 7.38. The molecule has 0 aromatic carbocycles. The Morgan fingerprint density at radius 2 is 2.26 bits per heavy atom. The van der Waals surface area contributed by atoms with Crippen LogP contribution in [0.25, 0.3) is 0 Å². The molecule has 2 rings (SSSR count). The highest BCUT2D eigenvalue weighted by Gasteiger charge is 2.20. The summed E-state index contributed by atoms with van der Waals surface area (Å²) in [6.07, 6.45) is 1.75. The molecule has 0 saturated heterocycles. The van der Waals surface area contributed by atoms with Crippen LogP contribution in [0, 0.1) is 13.8 Å². The number of thiazole rings is 2. The van der Waals surface area contributed by atoms with E-state index in [-0.39, 0.29) is 12.1 Å². The minimum Gasteiger partial charge on any atom is -0.383 e.